The molecule has 438 valence electrons. The number of pyridine rings is 4. The summed E-state index contributed by atoms with van der Waals surface area (Å²) in [7, 11) is 2.18. The summed E-state index contributed by atoms with van der Waals surface area (Å²) < 4.78 is 2.34. The molecule has 2 aliphatic rings. The number of carbonyl (C=O) groups excluding carboxylic acids is 1. The van der Waals surface area contributed by atoms with Crippen LogP contribution >= 0.6 is 0 Å². The molecule has 9 aromatic rings. The van der Waals surface area contributed by atoms with Gasteiger partial charge in [-0.3, -0.25) is 34.5 Å². The molecule has 0 saturated carbocycles. The maximum Gasteiger partial charge on any atom is 2.00 e. The van der Waals surface area contributed by atoms with Crippen molar-refractivity contribution in [3.8, 4) is 5.75 Å². The fourth-order valence-electron chi connectivity index (χ4n) is 12.9. The van der Waals surface area contributed by atoms with Gasteiger partial charge >= 0.3 is 39.0 Å². The predicted molar refractivity (Wildman–Crippen MR) is 342 cm³/mol. The summed E-state index contributed by atoms with van der Waals surface area (Å²) in [4.78, 5) is 39.2. The Bertz CT molecular complexity index is 3740. The second-order valence-corrected chi connectivity index (χ2v) is 23.7. The number of halogens is 1. The van der Waals surface area contributed by atoms with Crippen LogP contribution in [0.15, 0.2) is 219 Å². The molecule has 2 aliphatic heterocycles. The Morgan fingerprint density at radius 3 is 1.60 bits per heavy atom. The third kappa shape index (κ3) is 15.5. The van der Waals surface area contributed by atoms with E-state index < -0.39 is 0 Å². The smallest absolute Gasteiger partial charge is 1.00 e. The molecule has 0 unspecified atom stereocenters. The topological polar surface area (TPSA) is 116 Å². The standard InChI is InChI=1S/C74H77N9O2.ClH.2Zn/c1-73(2)67(80(5)65-37-35-55-24-11-13-30-63(55)70(65)73)32-8-6-9-33-68-74(3,4)71-64-31-14-12-25-56(64)36-38-66(71)83(68)45-23-7-10-34-69(84)79-44-39-54-46-57(48-81(50-59-26-15-19-40-75-59)51-60-27-16-20-41-76-60)72(85)58(47-54)49-82(52-61-28-17-21-42-77-61)53-62-29-18-22-43-78-62;;;/h6,8-9,11-22,24-33,35-38,40-43,46-47H,7,10,23,34,39,44-45,48-53H2,1-5H3,(H-,79,84,85);1H;;/q;;2*+2/p-1. The van der Waals surface area contributed by atoms with Gasteiger partial charge in [-0.15, -0.1) is 0 Å². The van der Waals surface area contributed by atoms with Crippen LogP contribution in [-0.4, -0.2) is 66.1 Å². The normalized spacial score (nSPS) is 14.4. The van der Waals surface area contributed by atoms with Crippen molar-refractivity contribution in [2.75, 3.05) is 25.0 Å². The van der Waals surface area contributed by atoms with Crippen molar-refractivity contribution in [1.82, 2.24) is 35.1 Å². The zero-order valence-corrected chi connectivity index (χ0v) is 58.3. The molecule has 0 fully saturated rings. The number of nitrogens with one attached hydrogen (secondary N) is 1. The van der Waals surface area contributed by atoms with Crippen LogP contribution in [0.2, 0.25) is 0 Å². The fourth-order valence-corrected chi connectivity index (χ4v) is 12.9. The van der Waals surface area contributed by atoms with Crippen LogP contribution in [0.25, 0.3) is 21.5 Å². The molecule has 11 rings (SSSR count). The number of amides is 1. The molecule has 6 heterocycles. The first-order valence-electron chi connectivity index (χ1n) is 30.0. The molecule has 5 aromatic carbocycles. The molecule has 0 bridgehead atoms. The van der Waals surface area contributed by atoms with Crippen molar-refractivity contribution in [2.24, 2.45) is 0 Å². The molecule has 4 aromatic heterocycles. The molecule has 1 amide bonds. The Morgan fingerprint density at radius 2 is 1.08 bits per heavy atom. The van der Waals surface area contributed by atoms with Crippen molar-refractivity contribution in [3.05, 3.63) is 269 Å². The first kappa shape index (κ1) is 66.6. The van der Waals surface area contributed by atoms with E-state index in [0.717, 1.165) is 54.1 Å². The van der Waals surface area contributed by atoms with Crippen LogP contribution in [0.1, 0.15) is 104 Å². The van der Waals surface area contributed by atoms with Gasteiger partial charge in [0, 0.05) is 118 Å². The largest absolute Gasteiger partial charge is 2.00 e. The number of nitrogens with zero attached hydrogens (tertiary/aromatic N) is 8. The predicted octanol–water partition coefficient (Wildman–Crippen LogP) is 10.8. The summed E-state index contributed by atoms with van der Waals surface area (Å²) in [5, 5.41) is 23.2. The number of hydrogen-bond donors (Lipinski definition) is 1. The van der Waals surface area contributed by atoms with Gasteiger partial charge in [-0.25, -0.2) is 0 Å². The molecule has 0 saturated heterocycles. The van der Waals surface area contributed by atoms with E-state index in [0.29, 0.717) is 69.8 Å². The van der Waals surface area contributed by atoms with Gasteiger partial charge in [0.05, 0.1) is 28.2 Å². The van der Waals surface area contributed by atoms with Crippen LogP contribution < -0.4 is 27.7 Å². The number of benzene rings is 5. The summed E-state index contributed by atoms with van der Waals surface area (Å²) in [6.07, 6.45) is 22.0. The Morgan fingerprint density at radius 1 is 0.580 bits per heavy atom. The maximum atomic E-state index is 14.8. The fraction of sp³-hybridized carbons (Fsp3) is 0.270. The van der Waals surface area contributed by atoms with Crippen molar-refractivity contribution in [3.63, 3.8) is 0 Å². The van der Waals surface area contributed by atoms with Crippen LogP contribution in [0.3, 0.4) is 0 Å². The average Bonchev–Trinajstić information content (AvgIpc) is 1.65. The minimum Gasteiger partial charge on any atom is -1.00 e. The Labute approximate surface area is 551 Å². The molecule has 1 N–H and O–H groups in total. The maximum absolute atomic E-state index is 14.8. The summed E-state index contributed by atoms with van der Waals surface area (Å²) in [6.45, 7) is 13.6. The molecule has 0 aliphatic carbocycles. The van der Waals surface area contributed by atoms with Gasteiger partial charge in [-0.2, -0.15) is 4.58 Å². The molecular formula is C74H77ClN9O2Zn2+3. The van der Waals surface area contributed by atoms with Gasteiger partial charge in [0.2, 0.25) is 11.6 Å². The minimum absolute atomic E-state index is 0. The Kier molecular flexibility index (Phi) is 23.2. The average molecular weight is 1290 g/mol. The van der Waals surface area contributed by atoms with Gasteiger partial charge in [0.25, 0.3) is 0 Å². The van der Waals surface area contributed by atoms with E-state index in [1.54, 1.807) is 24.8 Å². The molecular weight excluding hydrogens is 1210 g/mol. The third-order valence-corrected chi connectivity index (χ3v) is 16.9. The molecule has 11 nitrogen and oxygen atoms in total. The first-order chi connectivity index (χ1) is 41.4. The summed E-state index contributed by atoms with van der Waals surface area (Å²) >= 11 is 0. The summed E-state index contributed by atoms with van der Waals surface area (Å²) in [6, 6.07) is 54.2. The quantitative estimate of drug-likeness (QED) is 0.0273. The second-order valence-electron chi connectivity index (χ2n) is 23.7. The van der Waals surface area contributed by atoms with Crippen molar-refractivity contribution < 1.29 is 65.8 Å². The van der Waals surface area contributed by atoms with E-state index in [4.69, 9.17) is 0 Å². The molecule has 88 heavy (non-hydrogen) atoms. The van der Waals surface area contributed by atoms with Gasteiger partial charge in [-0.05, 0) is 144 Å². The van der Waals surface area contributed by atoms with Crippen LogP contribution in [0.4, 0.5) is 11.4 Å². The number of fused-ring (bicyclic) bond motifs is 6. The number of rotatable bonds is 24. The zero-order chi connectivity index (χ0) is 58.8. The van der Waals surface area contributed by atoms with Crippen molar-refractivity contribution >= 4 is 44.5 Å². The minimum atomic E-state index is -0.234. The number of carbonyl (C=O) groups is 1. The van der Waals surface area contributed by atoms with Gasteiger partial charge < -0.3 is 27.7 Å². The second kappa shape index (κ2) is 30.7. The Balaban J connectivity index is 0.00000334. The SMILES string of the molecule is C[N+]1=C(/C=C/C=C/C=C2\N(CCCCCC(=O)NCCc3cc(CN(Cc4ccccn4)Cc4ccccn4)c([O-])c(CN(Cc4ccccn4)Cc4ccccn4)c3)c3ccc4ccccc4c3C2(C)C)C(C)(C)c2c1ccc1ccccc21.[Cl-].[Zn+2].[Zn+2]. The molecule has 0 radical (unpaired) electrons. The van der Waals surface area contributed by atoms with Gasteiger partial charge in [0.1, 0.15) is 7.05 Å². The van der Waals surface area contributed by atoms with Crippen molar-refractivity contribution in [1.29, 1.82) is 0 Å². The van der Waals surface area contributed by atoms with E-state index in [9.17, 15) is 9.90 Å². The third-order valence-electron chi connectivity index (χ3n) is 16.9. The molecule has 14 heteroatoms. The van der Waals surface area contributed by atoms with E-state index in [-0.39, 0.29) is 73.8 Å². The molecule has 0 atom stereocenters. The van der Waals surface area contributed by atoms with E-state index in [1.165, 1.54) is 55.5 Å². The van der Waals surface area contributed by atoms with E-state index in [2.05, 4.69) is 182 Å². The van der Waals surface area contributed by atoms with Gasteiger partial charge in [-0.1, -0.05) is 135 Å². The molecule has 0 spiro atoms. The van der Waals surface area contributed by atoms with Crippen LogP contribution in [-0.2, 0) is 100 Å². The zero-order valence-electron chi connectivity index (χ0n) is 51.6. The number of allylic oxidation sites excluding steroid dienone is 6. The van der Waals surface area contributed by atoms with Crippen molar-refractivity contribution in [2.45, 2.75) is 110 Å². The van der Waals surface area contributed by atoms with E-state index >= 15 is 0 Å². The number of hydrogen-bond acceptors (Lipinski definition) is 9. The monoisotopic (exact) mass is 1290 g/mol. The van der Waals surface area contributed by atoms with Gasteiger partial charge in [0.15, 0.2) is 5.71 Å². The number of unbranched alkanes of at least 4 members (excludes halogenated alkanes) is 2. The van der Waals surface area contributed by atoms with Crippen LogP contribution in [0, 0.1) is 0 Å². The number of aromatic nitrogens is 4. The van der Waals surface area contributed by atoms with Crippen LogP contribution in [0.5, 0.6) is 5.75 Å². The summed E-state index contributed by atoms with van der Waals surface area (Å²) in [5.41, 5.74) is 13.4. The van der Waals surface area contributed by atoms with E-state index in [1.807, 2.05) is 84.9 Å². The number of anilines is 1. The first-order valence-corrected chi connectivity index (χ1v) is 30.0. The summed E-state index contributed by atoms with van der Waals surface area (Å²) in [5.74, 6) is 0.0414. The Hall–Kier alpha value is -7.36.